The standard InChI is InChI=1S/C13H10BrClFNS/c14-9-3-8(4-10(16)5-9)7-18-11-1-2-13(17)12(15)6-11/h1-6H,7,17H2. The molecule has 0 aromatic heterocycles. The summed E-state index contributed by atoms with van der Waals surface area (Å²) in [7, 11) is 0. The first kappa shape index (κ1) is 13.7. The predicted octanol–water partition coefficient (Wildman–Crippen LogP) is 5.12. The summed E-state index contributed by atoms with van der Waals surface area (Å²) in [4.78, 5) is 1.01. The van der Waals surface area contributed by atoms with Crippen LogP contribution in [0.5, 0.6) is 0 Å². The fourth-order valence-electron chi connectivity index (χ4n) is 1.46. The average molecular weight is 347 g/mol. The number of nitrogen functional groups attached to an aromatic ring is 1. The second kappa shape index (κ2) is 5.95. The average Bonchev–Trinajstić information content (AvgIpc) is 2.29. The number of benzene rings is 2. The van der Waals surface area contributed by atoms with Crippen molar-refractivity contribution in [1.82, 2.24) is 0 Å². The third kappa shape index (κ3) is 3.64. The van der Waals surface area contributed by atoms with E-state index in [4.69, 9.17) is 17.3 Å². The summed E-state index contributed by atoms with van der Waals surface area (Å²) in [5.41, 5.74) is 7.12. The Balaban J connectivity index is 2.08. The van der Waals surface area contributed by atoms with Gasteiger partial charge in [-0.15, -0.1) is 11.8 Å². The van der Waals surface area contributed by atoms with Gasteiger partial charge >= 0.3 is 0 Å². The van der Waals surface area contributed by atoms with Crippen molar-refractivity contribution in [3.8, 4) is 0 Å². The number of thioether (sulfide) groups is 1. The zero-order valence-electron chi connectivity index (χ0n) is 9.29. The van der Waals surface area contributed by atoms with E-state index < -0.39 is 0 Å². The van der Waals surface area contributed by atoms with Crippen molar-refractivity contribution < 1.29 is 4.39 Å². The molecular formula is C13H10BrClFNS. The van der Waals surface area contributed by atoms with Gasteiger partial charge in [-0.3, -0.25) is 0 Å². The normalized spacial score (nSPS) is 10.6. The SMILES string of the molecule is Nc1ccc(SCc2cc(F)cc(Br)c2)cc1Cl. The Kier molecular flexibility index (Phi) is 4.54. The van der Waals surface area contributed by atoms with Gasteiger partial charge in [0, 0.05) is 15.1 Å². The molecule has 0 spiro atoms. The van der Waals surface area contributed by atoms with Gasteiger partial charge in [0.05, 0.1) is 10.7 Å². The lowest BCUT2D eigenvalue weighted by atomic mass is 10.2. The highest BCUT2D eigenvalue weighted by molar-refractivity contribution is 9.10. The van der Waals surface area contributed by atoms with Crippen molar-refractivity contribution in [2.75, 3.05) is 5.73 Å². The fraction of sp³-hybridized carbons (Fsp3) is 0.0769. The van der Waals surface area contributed by atoms with E-state index >= 15 is 0 Å². The fourth-order valence-corrected chi connectivity index (χ4v) is 3.08. The molecule has 2 aromatic rings. The lowest BCUT2D eigenvalue weighted by Gasteiger charge is -2.05. The second-order valence-corrected chi connectivity index (χ2v) is 6.12. The van der Waals surface area contributed by atoms with Crippen LogP contribution in [0.4, 0.5) is 10.1 Å². The van der Waals surface area contributed by atoms with Crippen molar-refractivity contribution in [2.45, 2.75) is 10.6 Å². The zero-order chi connectivity index (χ0) is 13.1. The van der Waals surface area contributed by atoms with E-state index in [1.54, 1.807) is 17.8 Å². The molecule has 0 fully saturated rings. The van der Waals surface area contributed by atoms with E-state index in [0.717, 1.165) is 14.9 Å². The van der Waals surface area contributed by atoms with Gasteiger partial charge in [-0.25, -0.2) is 4.39 Å². The molecule has 0 bridgehead atoms. The van der Waals surface area contributed by atoms with Crippen LogP contribution in [0.2, 0.25) is 5.02 Å². The topological polar surface area (TPSA) is 26.0 Å². The quantitative estimate of drug-likeness (QED) is 0.617. The maximum absolute atomic E-state index is 13.2. The molecule has 1 nitrogen and oxygen atoms in total. The smallest absolute Gasteiger partial charge is 0.124 e. The van der Waals surface area contributed by atoms with Crippen molar-refractivity contribution in [3.05, 3.63) is 57.3 Å². The van der Waals surface area contributed by atoms with Crippen LogP contribution in [0.15, 0.2) is 45.8 Å². The van der Waals surface area contributed by atoms with Gasteiger partial charge in [-0.2, -0.15) is 0 Å². The second-order valence-electron chi connectivity index (χ2n) is 3.75. The predicted molar refractivity (Wildman–Crippen MR) is 79.5 cm³/mol. The Bertz CT molecular complexity index is 557. The maximum Gasteiger partial charge on any atom is 0.124 e. The summed E-state index contributed by atoms with van der Waals surface area (Å²) in [6, 6.07) is 10.3. The highest BCUT2D eigenvalue weighted by Crippen LogP contribution is 2.29. The van der Waals surface area contributed by atoms with Crippen LogP contribution in [-0.2, 0) is 5.75 Å². The van der Waals surface area contributed by atoms with Gasteiger partial charge in [0.25, 0.3) is 0 Å². The highest BCUT2D eigenvalue weighted by atomic mass is 79.9. The maximum atomic E-state index is 13.2. The van der Waals surface area contributed by atoms with E-state index in [2.05, 4.69) is 15.9 Å². The zero-order valence-corrected chi connectivity index (χ0v) is 12.4. The van der Waals surface area contributed by atoms with E-state index in [-0.39, 0.29) is 5.82 Å². The first-order chi connectivity index (χ1) is 8.54. The molecule has 2 aromatic carbocycles. The van der Waals surface area contributed by atoms with Gasteiger partial charge in [0.15, 0.2) is 0 Å². The van der Waals surface area contributed by atoms with Gasteiger partial charge in [-0.1, -0.05) is 27.5 Å². The summed E-state index contributed by atoms with van der Waals surface area (Å²) >= 11 is 10.8. The van der Waals surface area contributed by atoms with Gasteiger partial charge in [-0.05, 0) is 42.0 Å². The molecule has 18 heavy (non-hydrogen) atoms. The van der Waals surface area contributed by atoms with Crippen LogP contribution in [-0.4, -0.2) is 0 Å². The first-order valence-corrected chi connectivity index (χ1v) is 7.33. The van der Waals surface area contributed by atoms with Crippen LogP contribution in [0.25, 0.3) is 0 Å². The molecule has 2 rings (SSSR count). The van der Waals surface area contributed by atoms with Crippen LogP contribution in [0.3, 0.4) is 0 Å². The summed E-state index contributed by atoms with van der Waals surface area (Å²) in [6.07, 6.45) is 0. The number of hydrogen-bond acceptors (Lipinski definition) is 2. The van der Waals surface area contributed by atoms with Crippen LogP contribution in [0, 0.1) is 5.82 Å². The number of anilines is 1. The Morgan fingerprint density at radius 2 is 2.00 bits per heavy atom. The molecule has 0 atom stereocenters. The molecule has 2 N–H and O–H groups in total. The lowest BCUT2D eigenvalue weighted by Crippen LogP contribution is -1.87. The first-order valence-electron chi connectivity index (χ1n) is 5.17. The molecular weight excluding hydrogens is 337 g/mol. The molecule has 5 heteroatoms. The lowest BCUT2D eigenvalue weighted by molar-refractivity contribution is 0.625. The summed E-state index contributed by atoms with van der Waals surface area (Å²) in [5, 5.41) is 0.542. The van der Waals surface area contributed by atoms with Gasteiger partial charge < -0.3 is 5.73 Å². The van der Waals surface area contributed by atoms with E-state index in [9.17, 15) is 4.39 Å². The monoisotopic (exact) mass is 345 g/mol. The third-order valence-electron chi connectivity index (χ3n) is 2.30. The molecule has 0 aliphatic rings. The van der Waals surface area contributed by atoms with Gasteiger partial charge in [0.1, 0.15) is 5.82 Å². The number of hydrogen-bond donors (Lipinski definition) is 1. The molecule has 0 unspecified atom stereocenters. The minimum Gasteiger partial charge on any atom is -0.398 e. The largest absolute Gasteiger partial charge is 0.398 e. The molecule has 0 aliphatic heterocycles. The summed E-state index contributed by atoms with van der Waals surface area (Å²) in [5.74, 6) is 0.437. The Labute approximate surface area is 123 Å². The third-order valence-corrected chi connectivity index (χ3v) is 4.15. The number of nitrogens with two attached hydrogens (primary N) is 1. The Morgan fingerprint density at radius 1 is 1.22 bits per heavy atom. The number of rotatable bonds is 3. The minimum absolute atomic E-state index is 0.240. The van der Waals surface area contributed by atoms with Crippen LogP contribution in [0.1, 0.15) is 5.56 Å². The molecule has 0 aliphatic carbocycles. The molecule has 94 valence electrons. The molecule has 0 saturated heterocycles. The van der Waals surface area contributed by atoms with Crippen molar-refractivity contribution in [2.24, 2.45) is 0 Å². The van der Waals surface area contributed by atoms with Crippen LogP contribution < -0.4 is 5.73 Å². The Hall–Kier alpha value is -0.710. The van der Waals surface area contributed by atoms with Crippen molar-refractivity contribution in [1.29, 1.82) is 0 Å². The Morgan fingerprint density at radius 3 is 2.67 bits per heavy atom. The van der Waals surface area contributed by atoms with Crippen molar-refractivity contribution >= 4 is 45.0 Å². The van der Waals surface area contributed by atoms with E-state index in [0.29, 0.717) is 16.5 Å². The molecule has 0 radical (unpaired) electrons. The van der Waals surface area contributed by atoms with E-state index in [1.807, 2.05) is 18.2 Å². The summed E-state index contributed by atoms with van der Waals surface area (Å²) in [6.45, 7) is 0. The number of halogens is 3. The molecule has 0 amide bonds. The van der Waals surface area contributed by atoms with E-state index in [1.165, 1.54) is 12.1 Å². The molecule has 0 heterocycles. The summed E-state index contributed by atoms with van der Waals surface area (Å²) < 4.78 is 13.9. The van der Waals surface area contributed by atoms with Crippen LogP contribution >= 0.6 is 39.3 Å². The van der Waals surface area contributed by atoms with Gasteiger partial charge in [0.2, 0.25) is 0 Å². The molecule has 0 saturated carbocycles. The highest BCUT2D eigenvalue weighted by Gasteiger charge is 2.02. The minimum atomic E-state index is -0.240. The van der Waals surface area contributed by atoms with Crippen molar-refractivity contribution in [3.63, 3.8) is 0 Å².